The molecule has 3 rings (SSSR count). The molecule has 1 aromatic carbocycles. The molecule has 1 heterocycles. The second kappa shape index (κ2) is 11.1. The number of amides is 2. The van der Waals surface area contributed by atoms with Crippen LogP contribution in [0.4, 0.5) is 4.79 Å². The van der Waals surface area contributed by atoms with Crippen LogP contribution in [0.3, 0.4) is 0 Å². The van der Waals surface area contributed by atoms with Crippen molar-refractivity contribution in [3.63, 3.8) is 0 Å². The number of unbranched alkanes of at least 4 members (excludes halogenated alkanes) is 1. The molecule has 2 amide bonds. The first-order valence-electron chi connectivity index (χ1n) is 11.3. The molecular formula is C24H33N3O5. The third kappa shape index (κ3) is 5.68. The summed E-state index contributed by atoms with van der Waals surface area (Å²) in [6.07, 6.45) is 8.08. The summed E-state index contributed by atoms with van der Waals surface area (Å²) in [5.74, 6) is -1.02. The summed E-state index contributed by atoms with van der Waals surface area (Å²) in [5, 5.41) is 2.76. The Morgan fingerprint density at radius 3 is 2.88 bits per heavy atom. The van der Waals surface area contributed by atoms with Crippen LogP contribution in [0.2, 0.25) is 0 Å². The molecule has 3 atom stereocenters. The van der Waals surface area contributed by atoms with E-state index < -0.39 is 36.1 Å². The Morgan fingerprint density at radius 2 is 2.12 bits per heavy atom. The van der Waals surface area contributed by atoms with Crippen LogP contribution in [0, 0.1) is 0 Å². The molecule has 3 N–H and O–H groups in total. The second-order valence-electron chi connectivity index (χ2n) is 8.32. The zero-order valence-corrected chi connectivity index (χ0v) is 18.8. The number of ether oxygens (including phenoxy) is 2. The SMILES string of the molecule is CCCCOC(=O)N1CCC(N)C1C(=O)NC(Cc1ccc2c(c1)C=CCC2)C(=O)OC. The van der Waals surface area contributed by atoms with Gasteiger partial charge in [-0.05, 0) is 42.4 Å². The van der Waals surface area contributed by atoms with E-state index in [2.05, 4.69) is 23.5 Å². The Bertz CT molecular complexity index is 869. The first kappa shape index (κ1) is 23.8. The predicted molar refractivity (Wildman–Crippen MR) is 121 cm³/mol. The van der Waals surface area contributed by atoms with Crippen molar-refractivity contribution in [1.82, 2.24) is 10.2 Å². The number of allylic oxidation sites excluding steroid dienone is 1. The summed E-state index contributed by atoms with van der Waals surface area (Å²) in [7, 11) is 1.29. The van der Waals surface area contributed by atoms with Gasteiger partial charge in [0.1, 0.15) is 12.1 Å². The van der Waals surface area contributed by atoms with Crippen LogP contribution in [-0.4, -0.2) is 61.3 Å². The molecule has 32 heavy (non-hydrogen) atoms. The lowest BCUT2D eigenvalue weighted by Gasteiger charge is -2.27. The van der Waals surface area contributed by atoms with Crippen molar-refractivity contribution >= 4 is 24.0 Å². The lowest BCUT2D eigenvalue weighted by molar-refractivity contribution is -0.145. The van der Waals surface area contributed by atoms with Gasteiger partial charge in [0.2, 0.25) is 5.91 Å². The largest absolute Gasteiger partial charge is 0.467 e. The van der Waals surface area contributed by atoms with Gasteiger partial charge in [0, 0.05) is 19.0 Å². The van der Waals surface area contributed by atoms with Crippen molar-refractivity contribution in [2.75, 3.05) is 20.3 Å². The van der Waals surface area contributed by atoms with E-state index in [0.29, 0.717) is 19.6 Å². The van der Waals surface area contributed by atoms with Crippen LogP contribution in [0.1, 0.15) is 49.3 Å². The van der Waals surface area contributed by atoms with Crippen molar-refractivity contribution < 1.29 is 23.9 Å². The minimum absolute atomic E-state index is 0.280. The number of nitrogens with one attached hydrogen (secondary N) is 1. The summed E-state index contributed by atoms with van der Waals surface area (Å²) < 4.78 is 10.2. The molecule has 0 spiro atoms. The maximum atomic E-state index is 13.1. The number of aryl methyl sites for hydroxylation is 1. The molecule has 0 bridgehead atoms. The molecule has 1 fully saturated rings. The molecular weight excluding hydrogens is 410 g/mol. The van der Waals surface area contributed by atoms with Gasteiger partial charge in [0.05, 0.1) is 13.7 Å². The number of likely N-dealkylation sites (tertiary alicyclic amines) is 1. The molecule has 1 aromatic rings. The van der Waals surface area contributed by atoms with Crippen LogP contribution < -0.4 is 11.1 Å². The lowest BCUT2D eigenvalue weighted by Crippen LogP contribution is -2.56. The summed E-state index contributed by atoms with van der Waals surface area (Å²) in [4.78, 5) is 39.3. The highest BCUT2D eigenvalue weighted by molar-refractivity contribution is 5.90. The molecule has 0 radical (unpaired) electrons. The normalized spacial score (nSPS) is 20.4. The highest BCUT2D eigenvalue weighted by Crippen LogP contribution is 2.22. The van der Waals surface area contributed by atoms with Crippen LogP contribution in [0.15, 0.2) is 24.3 Å². The number of carbonyl (C=O) groups is 3. The second-order valence-corrected chi connectivity index (χ2v) is 8.32. The number of carbonyl (C=O) groups excluding carboxylic acids is 3. The quantitative estimate of drug-likeness (QED) is 0.471. The van der Waals surface area contributed by atoms with Crippen molar-refractivity contribution in [2.24, 2.45) is 5.73 Å². The number of hydrogen-bond acceptors (Lipinski definition) is 6. The number of methoxy groups -OCH3 is 1. The van der Waals surface area contributed by atoms with Gasteiger partial charge < -0.3 is 20.5 Å². The molecule has 1 aliphatic heterocycles. The topological polar surface area (TPSA) is 111 Å². The van der Waals surface area contributed by atoms with Crippen molar-refractivity contribution in [2.45, 2.75) is 63.6 Å². The highest BCUT2D eigenvalue weighted by Gasteiger charge is 2.42. The van der Waals surface area contributed by atoms with Gasteiger partial charge in [-0.3, -0.25) is 9.69 Å². The van der Waals surface area contributed by atoms with Gasteiger partial charge in [-0.25, -0.2) is 9.59 Å². The zero-order valence-electron chi connectivity index (χ0n) is 18.8. The van der Waals surface area contributed by atoms with E-state index in [-0.39, 0.29) is 6.42 Å². The Balaban J connectivity index is 1.70. The molecule has 0 saturated carbocycles. The van der Waals surface area contributed by atoms with E-state index in [0.717, 1.165) is 36.8 Å². The van der Waals surface area contributed by atoms with Gasteiger partial charge in [0.25, 0.3) is 0 Å². The molecule has 1 saturated heterocycles. The Morgan fingerprint density at radius 1 is 1.31 bits per heavy atom. The van der Waals surface area contributed by atoms with Crippen LogP contribution in [-0.2, 0) is 31.9 Å². The van der Waals surface area contributed by atoms with Crippen LogP contribution >= 0.6 is 0 Å². The first-order chi connectivity index (χ1) is 15.4. The lowest BCUT2D eigenvalue weighted by atomic mass is 9.93. The van der Waals surface area contributed by atoms with E-state index >= 15 is 0 Å². The van der Waals surface area contributed by atoms with Gasteiger partial charge in [-0.1, -0.05) is 43.7 Å². The van der Waals surface area contributed by atoms with E-state index in [4.69, 9.17) is 15.2 Å². The average Bonchev–Trinajstić information content (AvgIpc) is 3.19. The minimum Gasteiger partial charge on any atom is -0.467 e. The van der Waals surface area contributed by atoms with E-state index in [1.807, 2.05) is 19.1 Å². The zero-order chi connectivity index (χ0) is 23.1. The molecule has 8 heteroatoms. The fraction of sp³-hybridized carbons (Fsp3) is 0.542. The van der Waals surface area contributed by atoms with Gasteiger partial charge in [0.15, 0.2) is 0 Å². The fourth-order valence-electron chi connectivity index (χ4n) is 4.18. The smallest absolute Gasteiger partial charge is 0.410 e. The molecule has 1 aliphatic carbocycles. The maximum Gasteiger partial charge on any atom is 0.410 e. The number of rotatable bonds is 8. The maximum absolute atomic E-state index is 13.1. The van der Waals surface area contributed by atoms with Crippen molar-refractivity contribution in [1.29, 1.82) is 0 Å². The van der Waals surface area contributed by atoms with Crippen LogP contribution in [0.5, 0.6) is 0 Å². The van der Waals surface area contributed by atoms with E-state index in [1.165, 1.54) is 17.6 Å². The molecule has 2 aliphatic rings. The number of benzene rings is 1. The Hall–Kier alpha value is -2.87. The van der Waals surface area contributed by atoms with E-state index in [1.54, 1.807) is 0 Å². The number of nitrogens with two attached hydrogens (primary N) is 1. The summed E-state index contributed by atoms with van der Waals surface area (Å²) in [6, 6.07) is 3.77. The molecule has 3 unspecified atom stereocenters. The third-order valence-corrected chi connectivity index (χ3v) is 6.00. The number of hydrogen-bond donors (Lipinski definition) is 2. The number of fused-ring (bicyclic) bond motifs is 1. The van der Waals surface area contributed by atoms with Crippen LogP contribution in [0.25, 0.3) is 6.08 Å². The van der Waals surface area contributed by atoms with Crippen molar-refractivity contribution in [3.8, 4) is 0 Å². The molecule has 0 aromatic heterocycles. The number of esters is 1. The number of nitrogens with zero attached hydrogens (tertiary/aromatic N) is 1. The third-order valence-electron chi connectivity index (χ3n) is 6.00. The summed E-state index contributed by atoms with van der Waals surface area (Å²) >= 11 is 0. The monoisotopic (exact) mass is 443 g/mol. The molecule has 174 valence electrons. The summed E-state index contributed by atoms with van der Waals surface area (Å²) in [5.41, 5.74) is 9.45. The van der Waals surface area contributed by atoms with Gasteiger partial charge in [-0.15, -0.1) is 0 Å². The van der Waals surface area contributed by atoms with Crippen molar-refractivity contribution in [3.05, 3.63) is 41.0 Å². The fourth-order valence-corrected chi connectivity index (χ4v) is 4.18. The van der Waals surface area contributed by atoms with Gasteiger partial charge >= 0.3 is 12.1 Å². The predicted octanol–water partition coefficient (Wildman–Crippen LogP) is 2.18. The van der Waals surface area contributed by atoms with E-state index in [9.17, 15) is 14.4 Å². The standard InChI is InChI=1S/C24H33N3O5/c1-3-4-13-32-24(30)27-12-11-19(25)21(27)22(28)26-20(23(29)31-2)15-16-9-10-17-7-5-6-8-18(17)14-16/h6,8-10,14,19-21H,3-5,7,11-13,15,25H2,1-2H3,(H,26,28). The summed E-state index contributed by atoms with van der Waals surface area (Å²) in [6.45, 7) is 2.64. The first-order valence-corrected chi connectivity index (χ1v) is 11.3. The Labute approximate surface area is 189 Å². The average molecular weight is 444 g/mol. The minimum atomic E-state index is -0.886. The molecule has 8 nitrogen and oxygen atoms in total. The Kier molecular flexibility index (Phi) is 8.27. The van der Waals surface area contributed by atoms with Gasteiger partial charge in [-0.2, -0.15) is 0 Å². The highest BCUT2D eigenvalue weighted by atomic mass is 16.6.